The monoisotopic (exact) mass is 383 g/mol. The lowest BCUT2D eigenvalue weighted by Crippen LogP contribution is -2.28. The minimum Gasteiger partial charge on any atom is -0.388 e. The van der Waals surface area contributed by atoms with Crippen molar-refractivity contribution in [2.24, 2.45) is 0 Å². The Morgan fingerprint density at radius 1 is 1.15 bits per heavy atom. The molecule has 0 aliphatic carbocycles. The van der Waals surface area contributed by atoms with Gasteiger partial charge in [0.15, 0.2) is 0 Å². The number of hydrogen-bond acceptors (Lipinski definition) is 4. The average molecular weight is 383 g/mol. The summed E-state index contributed by atoms with van der Waals surface area (Å²) in [6.45, 7) is 0.771. The topological polar surface area (TPSA) is 70.0 Å². The van der Waals surface area contributed by atoms with E-state index >= 15 is 0 Å². The zero-order chi connectivity index (χ0) is 19.6. The van der Waals surface area contributed by atoms with Crippen LogP contribution in [0.15, 0.2) is 18.2 Å². The van der Waals surface area contributed by atoms with Gasteiger partial charge in [0.05, 0.1) is 30.9 Å². The number of halogens is 3. The number of β-amino-alcohol motifs (C(OH)–C–C–N with tert-alkyl or cyclic N) is 2. The molecule has 0 unspecified atom stereocenters. The zero-order valence-electron chi connectivity index (χ0n) is 14.5. The Morgan fingerprint density at radius 2 is 1.78 bits per heavy atom. The number of hydrogen-bond donors (Lipinski definition) is 2. The third-order valence-electron chi connectivity index (χ3n) is 4.88. The van der Waals surface area contributed by atoms with E-state index in [1.807, 2.05) is 0 Å². The lowest BCUT2D eigenvalue weighted by Gasteiger charge is -2.25. The number of benzene rings is 1. The Labute approximate surface area is 154 Å². The molecule has 2 aliphatic rings. The predicted octanol–water partition coefficient (Wildman–Crippen LogP) is 1.51. The van der Waals surface area contributed by atoms with Crippen molar-refractivity contribution in [1.29, 1.82) is 0 Å². The SMILES string of the molecule is O=C(C#Cc1ccc(C2CCOCC2)c(C(F)(F)F)c1)N1C[C@@H](O)[C@@H](O)C1. The number of amides is 1. The predicted molar refractivity (Wildman–Crippen MR) is 89.7 cm³/mol. The maximum Gasteiger partial charge on any atom is 0.416 e. The fourth-order valence-corrected chi connectivity index (χ4v) is 3.38. The van der Waals surface area contributed by atoms with E-state index in [9.17, 15) is 28.2 Å². The van der Waals surface area contributed by atoms with E-state index < -0.39 is 29.9 Å². The van der Waals surface area contributed by atoms with Gasteiger partial charge in [-0.15, -0.1) is 0 Å². The van der Waals surface area contributed by atoms with Gasteiger partial charge in [-0.25, -0.2) is 0 Å². The summed E-state index contributed by atoms with van der Waals surface area (Å²) in [6, 6.07) is 3.88. The fourth-order valence-electron chi connectivity index (χ4n) is 3.38. The molecule has 1 aromatic carbocycles. The molecule has 5 nitrogen and oxygen atoms in total. The summed E-state index contributed by atoms with van der Waals surface area (Å²) < 4.78 is 45.7. The number of likely N-dealkylation sites (tertiary alicyclic amines) is 1. The average Bonchev–Trinajstić information content (AvgIpc) is 2.98. The summed E-state index contributed by atoms with van der Waals surface area (Å²) in [5, 5.41) is 18.9. The van der Waals surface area contributed by atoms with Crippen LogP contribution in [0.2, 0.25) is 0 Å². The zero-order valence-corrected chi connectivity index (χ0v) is 14.5. The van der Waals surface area contributed by atoms with Crippen LogP contribution >= 0.6 is 0 Å². The molecular formula is C19H20F3NO4. The highest BCUT2D eigenvalue weighted by Crippen LogP contribution is 2.38. The van der Waals surface area contributed by atoms with Crippen LogP contribution in [0, 0.1) is 11.8 Å². The van der Waals surface area contributed by atoms with Gasteiger partial charge < -0.3 is 19.8 Å². The number of aliphatic hydroxyl groups excluding tert-OH is 2. The first-order valence-electron chi connectivity index (χ1n) is 8.71. The first-order valence-corrected chi connectivity index (χ1v) is 8.71. The number of ether oxygens (including phenoxy) is 1. The molecule has 8 heteroatoms. The number of carbonyl (C=O) groups is 1. The van der Waals surface area contributed by atoms with Gasteiger partial charge in [0.25, 0.3) is 5.91 Å². The summed E-state index contributed by atoms with van der Waals surface area (Å²) in [4.78, 5) is 13.2. The molecule has 27 heavy (non-hydrogen) atoms. The molecule has 0 spiro atoms. The van der Waals surface area contributed by atoms with Crippen LogP contribution in [0.5, 0.6) is 0 Å². The van der Waals surface area contributed by atoms with Gasteiger partial charge in [-0.1, -0.05) is 12.0 Å². The van der Waals surface area contributed by atoms with Crippen molar-refractivity contribution in [1.82, 2.24) is 4.90 Å². The van der Waals surface area contributed by atoms with E-state index in [1.54, 1.807) is 0 Å². The molecule has 0 radical (unpaired) electrons. The maximum absolute atomic E-state index is 13.5. The van der Waals surface area contributed by atoms with Crippen LogP contribution in [0.4, 0.5) is 13.2 Å². The first-order chi connectivity index (χ1) is 12.8. The summed E-state index contributed by atoms with van der Waals surface area (Å²) in [5.41, 5.74) is -0.416. The minimum atomic E-state index is -4.52. The molecule has 146 valence electrons. The molecule has 1 aromatic rings. The second-order valence-electron chi connectivity index (χ2n) is 6.78. The van der Waals surface area contributed by atoms with Crippen molar-refractivity contribution in [2.45, 2.75) is 37.1 Å². The number of rotatable bonds is 1. The van der Waals surface area contributed by atoms with Crippen LogP contribution < -0.4 is 0 Å². The van der Waals surface area contributed by atoms with Gasteiger partial charge in [0.1, 0.15) is 0 Å². The number of nitrogens with zero attached hydrogens (tertiary/aromatic N) is 1. The Balaban J connectivity index is 1.82. The Hall–Kier alpha value is -2.08. The highest BCUT2D eigenvalue weighted by atomic mass is 19.4. The molecule has 0 aromatic heterocycles. The van der Waals surface area contributed by atoms with Gasteiger partial charge in [-0.3, -0.25) is 4.79 Å². The Bertz CT molecular complexity index is 752. The second-order valence-corrected chi connectivity index (χ2v) is 6.78. The highest BCUT2D eigenvalue weighted by molar-refractivity contribution is 5.94. The molecule has 3 rings (SSSR count). The molecule has 0 bridgehead atoms. The third kappa shape index (κ3) is 4.61. The summed E-state index contributed by atoms with van der Waals surface area (Å²) >= 11 is 0. The molecule has 2 heterocycles. The Morgan fingerprint density at radius 3 is 2.37 bits per heavy atom. The highest BCUT2D eigenvalue weighted by Gasteiger charge is 2.36. The minimum absolute atomic E-state index is 0.0504. The fraction of sp³-hybridized carbons (Fsp3) is 0.526. The van der Waals surface area contributed by atoms with E-state index in [1.165, 1.54) is 17.0 Å². The van der Waals surface area contributed by atoms with Crippen molar-refractivity contribution in [2.75, 3.05) is 26.3 Å². The molecule has 2 atom stereocenters. The molecule has 1 amide bonds. The largest absolute Gasteiger partial charge is 0.416 e. The van der Waals surface area contributed by atoms with Crippen molar-refractivity contribution < 1.29 is 32.9 Å². The molecule has 2 saturated heterocycles. The van der Waals surface area contributed by atoms with Crippen LogP contribution in [0.1, 0.15) is 35.4 Å². The summed E-state index contributed by atoms with van der Waals surface area (Å²) in [5.74, 6) is 3.89. The van der Waals surface area contributed by atoms with Crippen LogP contribution in [0.3, 0.4) is 0 Å². The van der Waals surface area contributed by atoms with Crippen molar-refractivity contribution >= 4 is 5.91 Å². The van der Waals surface area contributed by atoms with Crippen molar-refractivity contribution in [3.8, 4) is 11.8 Å². The molecular weight excluding hydrogens is 363 g/mol. The summed E-state index contributed by atoms with van der Waals surface area (Å²) in [6.07, 6.45) is -5.52. The molecule has 2 aliphatic heterocycles. The number of carbonyl (C=O) groups excluding carboxylic acids is 1. The number of aliphatic hydroxyl groups is 2. The van der Waals surface area contributed by atoms with Gasteiger partial charge >= 0.3 is 6.18 Å². The quantitative estimate of drug-likeness (QED) is 0.722. The van der Waals surface area contributed by atoms with Crippen LogP contribution in [-0.2, 0) is 15.7 Å². The van der Waals surface area contributed by atoms with E-state index in [4.69, 9.17) is 4.74 Å². The normalized spacial score (nSPS) is 23.8. The van der Waals surface area contributed by atoms with E-state index in [0.29, 0.717) is 26.1 Å². The third-order valence-corrected chi connectivity index (χ3v) is 4.88. The lowest BCUT2D eigenvalue weighted by atomic mass is 9.87. The van der Waals surface area contributed by atoms with E-state index in [-0.39, 0.29) is 30.1 Å². The maximum atomic E-state index is 13.5. The van der Waals surface area contributed by atoms with Gasteiger partial charge in [-0.2, -0.15) is 13.2 Å². The summed E-state index contributed by atoms with van der Waals surface area (Å²) in [7, 11) is 0. The van der Waals surface area contributed by atoms with E-state index in [2.05, 4.69) is 11.8 Å². The van der Waals surface area contributed by atoms with E-state index in [0.717, 1.165) is 6.07 Å². The van der Waals surface area contributed by atoms with Crippen molar-refractivity contribution in [3.05, 3.63) is 34.9 Å². The lowest BCUT2D eigenvalue weighted by molar-refractivity contribution is -0.138. The van der Waals surface area contributed by atoms with Crippen LogP contribution in [-0.4, -0.2) is 59.5 Å². The van der Waals surface area contributed by atoms with Gasteiger partial charge in [-0.05, 0) is 36.5 Å². The number of alkyl halides is 3. The van der Waals surface area contributed by atoms with Gasteiger partial charge in [0, 0.05) is 24.7 Å². The smallest absolute Gasteiger partial charge is 0.388 e. The molecule has 2 N–H and O–H groups in total. The standard InChI is InChI=1S/C19H20F3NO4/c20-19(21,22)15-9-12(1-3-14(15)13-5-7-27-8-6-13)2-4-18(26)23-10-16(24)17(25)11-23/h1,3,9,13,16-17,24-25H,5-8,10-11H2/t16-,17+. The van der Waals surface area contributed by atoms with Crippen LogP contribution in [0.25, 0.3) is 0 Å². The molecule has 2 fully saturated rings. The molecule has 0 saturated carbocycles. The Kier molecular flexibility index (Phi) is 5.75. The van der Waals surface area contributed by atoms with Crippen molar-refractivity contribution in [3.63, 3.8) is 0 Å². The van der Waals surface area contributed by atoms with Gasteiger partial charge in [0.2, 0.25) is 0 Å². The second kappa shape index (κ2) is 7.89. The first kappa shape index (κ1) is 19.7.